The molecule has 90 valence electrons. The Hall–Kier alpha value is -1.64. The molecule has 17 heavy (non-hydrogen) atoms. The van der Waals surface area contributed by atoms with Crippen LogP contribution in [0.25, 0.3) is 11.0 Å². The van der Waals surface area contributed by atoms with Crippen molar-refractivity contribution in [3.8, 4) is 0 Å². The molecule has 0 saturated heterocycles. The third-order valence-electron chi connectivity index (χ3n) is 2.74. The van der Waals surface area contributed by atoms with E-state index in [0.717, 1.165) is 16.6 Å². The van der Waals surface area contributed by atoms with E-state index in [2.05, 4.69) is 25.8 Å². The summed E-state index contributed by atoms with van der Waals surface area (Å²) in [6, 6.07) is 5.72. The van der Waals surface area contributed by atoms with Gasteiger partial charge >= 0.3 is 0 Å². The van der Waals surface area contributed by atoms with Crippen molar-refractivity contribution in [1.82, 2.24) is 9.55 Å². The largest absolute Gasteiger partial charge is 0.334 e. The van der Waals surface area contributed by atoms with Crippen molar-refractivity contribution < 1.29 is 4.79 Å². The van der Waals surface area contributed by atoms with Crippen LogP contribution < -0.4 is 0 Å². The lowest BCUT2D eigenvalue weighted by molar-refractivity contribution is 0.0940. The zero-order valence-corrected chi connectivity index (χ0v) is 10.8. The van der Waals surface area contributed by atoms with Crippen LogP contribution in [0, 0.1) is 5.41 Å². The van der Waals surface area contributed by atoms with Crippen molar-refractivity contribution in [1.29, 1.82) is 0 Å². The lowest BCUT2D eigenvalue weighted by atomic mass is 9.88. The molecule has 0 aliphatic carbocycles. The second-order valence-corrected chi connectivity index (χ2v) is 5.72. The summed E-state index contributed by atoms with van der Waals surface area (Å²) in [7, 11) is 1.95. The third kappa shape index (κ3) is 2.54. The highest BCUT2D eigenvalue weighted by atomic mass is 16.1. The normalized spacial score (nSPS) is 12.0. The number of fused-ring (bicyclic) bond motifs is 1. The van der Waals surface area contributed by atoms with Crippen molar-refractivity contribution >= 4 is 16.8 Å². The van der Waals surface area contributed by atoms with Crippen LogP contribution in [-0.2, 0) is 7.05 Å². The first-order valence-electron chi connectivity index (χ1n) is 5.81. The van der Waals surface area contributed by atoms with E-state index in [9.17, 15) is 4.79 Å². The van der Waals surface area contributed by atoms with E-state index >= 15 is 0 Å². The van der Waals surface area contributed by atoms with Gasteiger partial charge in [-0.05, 0) is 23.6 Å². The quantitative estimate of drug-likeness (QED) is 0.743. The van der Waals surface area contributed by atoms with Crippen molar-refractivity contribution in [2.24, 2.45) is 12.5 Å². The van der Waals surface area contributed by atoms with E-state index in [4.69, 9.17) is 0 Å². The average Bonchev–Trinajstić information content (AvgIpc) is 2.57. The Morgan fingerprint density at radius 3 is 2.71 bits per heavy atom. The molecule has 1 aromatic heterocycles. The molecule has 1 aromatic carbocycles. The third-order valence-corrected chi connectivity index (χ3v) is 2.74. The smallest absolute Gasteiger partial charge is 0.163 e. The van der Waals surface area contributed by atoms with Gasteiger partial charge in [0.25, 0.3) is 0 Å². The zero-order valence-electron chi connectivity index (χ0n) is 10.8. The maximum atomic E-state index is 12.1. The number of hydrogen-bond acceptors (Lipinski definition) is 2. The van der Waals surface area contributed by atoms with E-state index < -0.39 is 0 Å². The molecule has 0 saturated carbocycles. The van der Waals surface area contributed by atoms with E-state index in [1.54, 1.807) is 6.33 Å². The van der Waals surface area contributed by atoms with E-state index in [1.165, 1.54) is 0 Å². The summed E-state index contributed by atoms with van der Waals surface area (Å²) in [6.07, 6.45) is 2.33. The van der Waals surface area contributed by atoms with Crippen LogP contribution in [0.3, 0.4) is 0 Å². The van der Waals surface area contributed by atoms with Crippen molar-refractivity contribution in [2.45, 2.75) is 27.2 Å². The molecule has 0 radical (unpaired) electrons. The molecule has 0 amide bonds. The van der Waals surface area contributed by atoms with E-state index in [0.29, 0.717) is 6.42 Å². The summed E-state index contributed by atoms with van der Waals surface area (Å²) in [5, 5.41) is 0. The van der Waals surface area contributed by atoms with Gasteiger partial charge in [0.15, 0.2) is 5.78 Å². The summed E-state index contributed by atoms with van der Waals surface area (Å²) in [4.78, 5) is 16.3. The van der Waals surface area contributed by atoms with Crippen molar-refractivity contribution in [3.63, 3.8) is 0 Å². The van der Waals surface area contributed by atoms with Crippen LogP contribution in [0.5, 0.6) is 0 Å². The molecular formula is C14H18N2O. The molecule has 1 heterocycles. The van der Waals surface area contributed by atoms with Gasteiger partial charge in [0, 0.05) is 19.0 Å². The standard InChI is InChI=1S/C14H18N2O/c1-14(2,3)8-13(17)10-5-6-12-11(7-10)15-9-16(12)4/h5-7,9H,8H2,1-4H3. The van der Waals surface area contributed by atoms with E-state index in [1.807, 2.05) is 29.8 Å². The fourth-order valence-corrected chi connectivity index (χ4v) is 1.89. The van der Waals surface area contributed by atoms with Crippen LogP contribution in [-0.4, -0.2) is 15.3 Å². The molecule has 0 N–H and O–H groups in total. The number of carbonyl (C=O) groups is 1. The van der Waals surface area contributed by atoms with Gasteiger partial charge in [0.05, 0.1) is 17.4 Å². The minimum Gasteiger partial charge on any atom is -0.334 e. The van der Waals surface area contributed by atoms with Crippen molar-refractivity contribution in [2.75, 3.05) is 0 Å². The Kier molecular flexibility index (Phi) is 2.77. The highest BCUT2D eigenvalue weighted by Crippen LogP contribution is 2.23. The number of Topliss-reactive ketones (excluding diaryl/α,β-unsaturated/α-hetero) is 1. The molecule has 0 aliphatic rings. The SMILES string of the molecule is Cn1cnc2cc(C(=O)CC(C)(C)C)ccc21. The van der Waals surface area contributed by atoms with Crippen LogP contribution in [0.1, 0.15) is 37.6 Å². The molecule has 0 spiro atoms. The second kappa shape index (κ2) is 3.99. The van der Waals surface area contributed by atoms with Crippen molar-refractivity contribution in [3.05, 3.63) is 30.1 Å². The molecule has 0 atom stereocenters. The van der Waals surface area contributed by atoms with Gasteiger partial charge < -0.3 is 4.57 Å². The maximum absolute atomic E-state index is 12.1. The predicted octanol–water partition coefficient (Wildman–Crippen LogP) is 3.19. The highest BCUT2D eigenvalue weighted by molar-refractivity contribution is 5.99. The van der Waals surface area contributed by atoms with Crippen LogP contribution >= 0.6 is 0 Å². The fourth-order valence-electron chi connectivity index (χ4n) is 1.89. The minimum absolute atomic E-state index is 0.0240. The number of ketones is 1. The Morgan fingerprint density at radius 2 is 2.06 bits per heavy atom. The number of hydrogen-bond donors (Lipinski definition) is 0. The van der Waals surface area contributed by atoms with E-state index in [-0.39, 0.29) is 11.2 Å². The second-order valence-electron chi connectivity index (χ2n) is 5.72. The van der Waals surface area contributed by atoms with Gasteiger partial charge in [-0.1, -0.05) is 20.8 Å². The summed E-state index contributed by atoms with van der Waals surface area (Å²) in [6.45, 7) is 6.22. The van der Waals surface area contributed by atoms with Gasteiger partial charge in [-0.25, -0.2) is 4.98 Å². The van der Waals surface area contributed by atoms with Gasteiger partial charge in [-0.3, -0.25) is 4.79 Å². The summed E-state index contributed by atoms with van der Waals surface area (Å²) in [5.41, 5.74) is 2.71. The molecule has 0 aliphatic heterocycles. The lowest BCUT2D eigenvalue weighted by Crippen LogP contribution is -2.12. The monoisotopic (exact) mass is 230 g/mol. The van der Waals surface area contributed by atoms with Crippen LogP contribution in [0.15, 0.2) is 24.5 Å². The molecule has 3 nitrogen and oxygen atoms in total. The van der Waals surface area contributed by atoms with Gasteiger partial charge in [-0.2, -0.15) is 0 Å². The number of aromatic nitrogens is 2. The zero-order chi connectivity index (χ0) is 12.6. The summed E-state index contributed by atoms with van der Waals surface area (Å²) in [5.74, 6) is 0.185. The molecular weight excluding hydrogens is 212 g/mol. The number of nitrogens with zero attached hydrogens (tertiary/aromatic N) is 2. The fraction of sp³-hybridized carbons (Fsp3) is 0.429. The average molecular weight is 230 g/mol. The Morgan fingerprint density at radius 1 is 1.35 bits per heavy atom. The van der Waals surface area contributed by atoms with Gasteiger partial charge in [0.1, 0.15) is 0 Å². The number of carbonyl (C=O) groups excluding carboxylic acids is 1. The molecule has 3 heteroatoms. The van der Waals surface area contributed by atoms with Gasteiger partial charge in [0.2, 0.25) is 0 Å². The Bertz CT molecular complexity index is 561. The number of rotatable bonds is 2. The van der Waals surface area contributed by atoms with Crippen LogP contribution in [0.2, 0.25) is 0 Å². The number of benzene rings is 1. The first-order chi connectivity index (χ1) is 7.87. The minimum atomic E-state index is 0.0240. The Labute approximate surface area is 101 Å². The molecule has 0 bridgehead atoms. The highest BCUT2D eigenvalue weighted by Gasteiger charge is 2.17. The number of aryl methyl sites for hydroxylation is 1. The topological polar surface area (TPSA) is 34.9 Å². The molecule has 0 unspecified atom stereocenters. The van der Waals surface area contributed by atoms with Gasteiger partial charge in [-0.15, -0.1) is 0 Å². The summed E-state index contributed by atoms with van der Waals surface area (Å²) >= 11 is 0. The first kappa shape index (κ1) is 11.8. The Balaban J connectivity index is 2.33. The van der Waals surface area contributed by atoms with Crippen LogP contribution in [0.4, 0.5) is 0 Å². The number of imidazole rings is 1. The maximum Gasteiger partial charge on any atom is 0.163 e. The molecule has 2 aromatic rings. The first-order valence-corrected chi connectivity index (χ1v) is 5.81. The lowest BCUT2D eigenvalue weighted by Gasteiger charge is -2.16. The summed E-state index contributed by atoms with van der Waals surface area (Å²) < 4.78 is 1.95. The predicted molar refractivity (Wildman–Crippen MR) is 69.1 cm³/mol. The molecule has 2 rings (SSSR count). The molecule has 0 fully saturated rings.